The van der Waals surface area contributed by atoms with Gasteiger partial charge in [-0.25, -0.2) is 9.78 Å². The zero-order chi connectivity index (χ0) is 14.2. The number of pyridine rings is 1. The normalized spacial score (nSPS) is 10.5. The van der Waals surface area contributed by atoms with Crippen LogP contribution in [-0.4, -0.2) is 16.1 Å². The monoisotopic (exact) mass is 319 g/mol. The van der Waals surface area contributed by atoms with Crippen molar-refractivity contribution in [1.82, 2.24) is 4.98 Å². The Morgan fingerprint density at radius 2 is 1.68 bits per heavy atom. The Bertz CT molecular complexity index is 676. The molecule has 0 aliphatic carbocycles. The Morgan fingerprint density at radius 1 is 1.05 bits per heavy atom. The Hall–Kier alpha value is -1.36. The van der Waals surface area contributed by atoms with Gasteiger partial charge in [0.2, 0.25) is 5.95 Å². The van der Waals surface area contributed by atoms with Crippen molar-refractivity contribution in [1.29, 1.82) is 0 Å². The van der Waals surface area contributed by atoms with Gasteiger partial charge in [0.1, 0.15) is 0 Å². The van der Waals surface area contributed by atoms with E-state index < -0.39 is 11.9 Å². The van der Waals surface area contributed by atoms with Crippen LogP contribution in [0.5, 0.6) is 0 Å². The van der Waals surface area contributed by atoms with E-state index in [0.29, 0.717) is 5.56 Å². The number of rotatable bonds is 2. The molecule has 0 saturated heterocycles. The van der Waals surface area contributed by atoms with Gasteiger partial charge in [0.25, 0.3) is 0 Å². The largest absolute Gasteiger partial charge is 0.478 e. The molecule has 0 unspecified atom stereocenters. The van der Waals surface area contributed by atoms with Crippen molar-refractivity contribution >= 4 is 40.8 Å². The maximum Gasteiger partial charge on any atom is 0.335 e. The standard InChI is InChI=1S/C12H5Cl3FNO2/c13-7-4-9(15)8(14)3-6(7)10-1-5(12(18)19)2-11(16)17-10/h1-4H,(H,18,19). The maximum atomic E-state index is 13.3. The average Bonchev–Trinajstić information content (AvgIpc) is 2.33. The number of aromatic carboxylic acids is 1. The van der Waals surface area contributed by atoms with Crippen LogP contribution in [0.3, 0.4) is 0 Å². The summed E-state index contributed by atoms with van der Waals surface area (Å²) in [5.41, 5.74) is 0.142. The minimum absolute atomic E-state index is 0.0703. The number of benzene rings is 1. The lowest BCUT2D eigenvalue weighted by Crippen LogP contribution is -2.00. The molecular formula is C12H5Cl3FNO2. The molecule has 0 radical (unpaired) electrons. The van der Waals surface area contributed by atoms with Crippen LogP contribution in [0.2, 0.25) is 15.1 Å². The number of halogens is 4. The van der Waals surface area contributed by atoms with Crippen LogP contribution in [0.15, 0.2) is 24.3 Å². The lowest BCUT2D eigenvalue weighted by molar-refractivity contribution is 0.0696. The molecule has 19 heavy (non-hydrogen) atoms. The molecular weight excluding hydrogens is 315 g/mol. The number of carbonyl (C=O) groups is 1. The molecule has 0 bridgehead atoms. The summed E-state index contributed by atoms with van der Waals surface area (Å²) in [7, 11) is 0. The molecule has 0 aliphatic heterocycles. The van der Waals surface area contributed by atoms with E-state index in [0.717, 1.165) is 6.07 Å². The van der Waals surface area contributed by atoms with Crippen LogP contribution >= 0.6 is 34.8 Å². The molecule has 7 heteroatoms. The van der Waals surface area contributed by atoms with Gasteiger partial charge in [-0.15, -0.1) is 0 Å². The first kappa shape index (κ1) is 14.1. The van der Waals surface area contributed by atoms with Crippen molar-refractivity contribution in [3.8, 4) is 11.3 Å². The van der Waals surface area contributed by atoms with Gasteiger partial charge in [0, 0.05) is 11.6 Å². The van der Waals surface area contributed by atoms with E-state index in [1.54, 1.807) is 0 Å². The molecule has 2 aromatic rings. The second-order valence-corrected chi connectivity index (χ2v) is 4.84. The highest BCUT2D eigenvalue weighted by Crippen LogP contribution is 2.34. The fourth-order valence-electron chi connectivity index (χ4n) is 1.48. The summed E-state index contributed by atoms with van der Waals surface area (Å²) in [6.07, 6.45) is 0. The van der Waals surface area contributed by atoms with E-state index >= 15 is 0 Å². The topological polar surface area (TPSA) is 50.2 Å². The molecule has 0 atom stereocenters. The third kappa shape index (κ3) is 2.97. The summed E-state index contributed by atoms with van der Waals surface area (Å²) in [6, 6.07) is 4.81. The molecule has 98 valence electrons. The highest BCUT2D eigenvalue weighted by atomic mass is 35.5. The molecule has 0 amide bonds. The van der Waals surface area contributed by atoms with Gasteiger partial charge in [0.05, 0.1) is 26.3 Å². The number of carboxylic acid groups (broad SMARTS) is 1. The minimum atomic E-state index is -1.27. The van der Waals surface area contributed by atoms with Gasteiger partial charge in [-0.3, -0.25) is 0 Å². The van der Waals surface area contributed by atoms with Crippen LogP contribution in [0.1, 0.15) is 10.4 Å². The number of aromatic nitrogens is 1. The average molecular weight is 321 g/mol. The molecule has 3 nitrogen and oxygen atoms in total. The first-order valence-electron chi connectivity index (χ1n) is 4.94. The fourth-order valence-corrected chi connectivity index (χ4v) is 2.12. The Morgan fingerprint density at radius 3 is 2.32 bits per heavy atom. The highest BCUT2D eigenvalue weighted by Gasteiger charge is 2.14. The van der Waals surface area contributed by atoms with Crippen molar-refractivity contribution in [3.63, 3.8) is 0 Å². The lowest BCUT2D eigenvalue weighted by Gasteiger charge is -2.07. The molecule has 0 fully saturated rings. The predicted octanol–water partition coefficient (Wildman–Crippen LogP) is 4.55. The van der Waals surface area contributed by atoms with E-state index in [9.17, 15) is 9.18 Å². The van der Waals surface area contributed by atoms with Crippen LogP contribution < -0.4 is 0 Å². The molecule has 1 aromatic carbocycles. The predicted molar refractivity (Wildman–Crippen MR) is 71.6 cm³/mol. The van der Waals surface area contributed by atoms with Crippen LogP contribution in [0.4, 0.5) is 4.39 Å². The van der Waals surface area contributed by atoms with Crippen molar-refractivity contribution < 1.29 is 14.3 Å². The van der Waals surface area contributed by atoms with Crippen LogP contribution in [-0.2, 0) is 0 Å². The summed E-state index contributed by atoms with van der Waals surface area (Å²) >= 11 is 17.6. The zero-order valence-corrected chi connectivity index (χ0v) is 11.4. The quantitative estimate of drug-likeness (QED) is 0.652. The summed E-state index contributed by atoms with van der Waals surface area (Å²) in [5, 5.41) is 9.53. The van der Waals surface area contributed by atoms with Gasteiger partial charge in [0.15, 0.2) is 0 Å². The third-order valence-electron chi connectivity index (χ3n) is 2.33. The van der Waals surface area contributed by atoms with Gasteiger partial charge in [-0.1, -0.05) is 34.8 Å². The van der Waals surface area contributed by atoms with E-state index in [2.05, 4.69) is 4.98 Å². The SMILES string of the molecule is O=C(O)c1cc(F)nc(-c2cc(Cl)c(Cl)cc2Cl)c1. The van der Waals surface area contributed by atoms with E-state index in [1.807, 2.05) is 0 Å². The molecule has 2 rings (SSSR count). The third-order valence-corrected chi connectivity index (χ3v) is 3.36. The maximum absolute atomic E-state index is 13.3. The lowest BCUT2D eigenvalue weighted by atomic mass is 10.1. The van der Waals surface area contributed by atoms with Crippen LogP contribution in [0.25, 0.3) is 11.3 Å². The smallest absolute Gasteiger partial charge is 0.335 e. The summed E-state index contributed by atoms with van der Waals surface area (Å²) in [5.74, 6) is -2.18. The van der Waals surface area contributed by atoms with Gasteiger partial charge < -0.3 is 5.11 Å². The summed E-state index contributed by atoms with van der Waals surface area (Å²) in [4.78, 5) is 14.5. The number of hydrogen-bond acceptors (Lipinski definition) is 2. The first-order chi connectivity index (χ1) is 8.88. The molecule has 0 spiro atoms. The molecule has 0 aliphatic rings. The van der Waals surface area contributed by atoms with Crippen molar-refractivity contribution in [3.05, 3.63) is 50.8 Å². The van der Waals surface area contributed by atoms with Gasteiger partial charge >= 0.3 is 5.97 Å². The summed E-state index contributed by atoms with van der Waals surface area (Å²) in [6.45, 7) is 0. The van der Waals surface area contributed by atoms with Gasteiger partial charge in [-0.2, -0.15) is 4.39 Å². The zero-order valence-electron chi connectivity index (χ0n) is 9.12. The number of carboxylic acids is 1. The van der Waals surface area contributed by atoms with E-state index in [1.165, 1.54) is 18.2 Å². The van der Waals surface area contributed by atoms with Crippen molar-refractivity contribution in [2.75, 3.05) is 0 Å². The Balaban J connectivity index is 2.65. The molecule has 1 aromatic heterocycles. The molecule has 1 heterocycles. The van der Waals surface area contributed by atoms with Crippen LogP contribution in [0, 0.1) is 5.95 Å². The Kier molecular flexibility index (Phi) is 3.94. The highest BCUT2D eigenvalue weighted by molar-refractivity contribution is 6.44. The van der Waals surface area contributed by atoms with Gasteiger partial charge in [-0.05, 0) is 18.2 Å². The van der Waals surface area contributed by atoms with Crippen molar-refractivity contribution in [2.45, 2.75) is 0 Å². The Labute approximate surface area is 122 Å². The minimum Gasteiger partial charge on any atom is -0.478 e. The van der Waals surface area contributed by atoms with E-state index in [4.69, 9.17) is 39.9 Å². The fraction of sp³-hybridized carbons (Fsp3) is 0. The molecule has 0 saturated carbocycles. The summed E-state index contributed by atoms with van der Waals surface area (Å²) < 4.78 is 13.3. The second kappa shape index (κ2) is 5.33. The number of nitrogens with zero attached hydrogens (tertiary/aromatic N) is 1. The van der Waals surface area contributed by atoms with E-state index in [-0.39, 0.29) is 26.3 Å². The first-order valence-corrected chi connectivity index (χ1v) is 6.07. The number of hydrogen-bond donors (Lipinski definition) is 1. The second-order valence-electron chi connectivity index (χ2n) is 3.62. The van der Waals surface area contributed by atoms with Crippen molar-refractivity contribution in [2.24, 2.45) is 0 Å². The molecule has 1 N–H and O–H groups in total.